The highest BCUT2D eigenvalue weighted by molar-refractivity contribution is 7.99. The Kier molecular flexibility index (Phi) is 4.37. The molecule has 3 aromatic heterocycles. The van der Waals surface area contributed by atoms with Gasteiger partial charge in [0.1, 0.15) is 0 Å². The van der Waals surface area contributed by atoms with Crippen molar-refractivity contribution in [2.75, 3.05) is 6.61 Å². The van der Waals surface area contributed by atoms with Crippen molar-refractivity contribution in [2.45, 2.75) is 29.4 Å². The number of ether oxygens (including phenoxy) is 1. The molecule has 2 atom stereocenters. The van der Waals surface area contributed by atoms with Gasteiger partial charge < -0.3 is 4.74 Å². The summed E-state index contributed by atoms with van der Waals surface area (Å²) in [5.74, 6) is 0.559. The number of hydrogen-bond donors (Lipinski definition) is 0. The molecule has 1 aliphatic rings. The summed E-state index contributed by atoms with van der Waals surface area (Å²) in [5.41, 5.74) is 1.93. The van der Waals surface area contributed by atoms with Crippen LogP contribution in [-0.2, 0) is 11.8 Å². The fourth-order valence-corrected chi connectivity index (χ4v) is 4.88. The highest BCUT2D eigenvalue weighted by atomic mass is 32.2. The first-order valence-corrected chi connectivity index (χ1v) is 10.1. The number of pyridine rings is 1. The van der Waals surface area contributed by atoms with Gasteiger partial charge in [-0.15, -0.1) is 10.2 Å². The lowest BCUT2D eigenvalue weighted by Gasteiger charge is -2.29. The maximum absolute atomic E-state index is 12.6. The molecule has 0 spiro atoms. The average molecular weight is 393 g/mol. The zero-order chi connectivity index (χ0) is 19.1. The van der Waals surface area contributed by atoms with Gasteiger partial charge in [-0.05, 0) is 42.7 Å². The molecule has 1 aliphatic heterocycles. The van der Waals surface area contributed by atoms with Crippen molar-refractivity contribution in [3.05, 3.63) is 64.7 Å². The highest BCUT2D eigenvalue weighted by Gasteiger charge is 2.27. The minimum Gasteiger partial charge on any atom is -0.373 e. The third-order valence-electron chi connectivity index (χ3n) is 5.18. The van der Waals surface area contributed by atoms with Crippen molar-refractivity contribution in [2.24, 2.45) is 7.05 Å². The third-order valence-corrected chi connectivity index (χ3v) is 6.42. The molecule has 7 nitrogen and oxygen atoms in total. The summed E-state index contributed by atoms with van der Waals surface area (Å²) in [6.45, 7) is 0.709. The summed E-state index contributed by atoms with van der Waals surface area (Å²) in [5, 5.41) is 10.5. The molecule has 0 aliphatic carbocycles. The molecule has 0 saturated carbocycles. The van der Waals surface area contributed by atoms with Crippen molar-refractivity contribution in [1.29, 1.82) is 0 Å². The number of para-hydroxylation sites is 1. The zero-order valence-electron chi connectivity index (χ0n) is 15.4. The van der Waals surface area contributed by atoms with Gasteiger partial charge in [-0.3, -0.25) is 18.7 Å². The molecule has 142 valence electrons. The van der Waals surface area contributed by atoms with Gasteiger partial charge in [-0.1, -0.05) is 23.9 Å². The summed E-state index contributed by atoms with van der Waals surface area (Å²) in [4.78, 5) is 16.7. The van der Waals surface area contributed by atoms with Crippen LogP contribution in [-0.4, -0.2) is 36.0 Å². The molecule has 0 amide bonds. The van der Waals surface area contributed by atoms with Gasteiger partial charge in [-0.2, -0.15) is 0 Å². The molecule has 28 heavy (non-hydrogen) atoms. The Morgan fingerprint density at radius 2 is 1.96 bits per heavy atom. The minimum atomic E-state index is -0.0594. The largest absolute Gasteiger partial charge is 0.373 e. The first kappa shape index (κ1) is 17.4. The van der Waals surface area contributed by atoms with Gasteiger partial charge in [0.05, 0.1) is 17.0 Å². The molecule has 5 rings (SSSR count). The van der Waals surface area contributed by atoms with Crippen LogP contribution in [0.25, 0.3) is 16.7 Å². The lowest BCUT2D eigenvalue weighted by Crippen LogP contribution is -2.22. The van der Waals surface area contributed by atoms with Crippen molar-refractivity contribution in [3.8, 4) is 0 Å². The van der Waals surface area contributed by atoms with Gasteiger partial charge in [0, 0.05) is 31.3 Å². The van der Waals surface area contributed by atoms with Gasteiger partial charge in [-0.25, -0.2) is 0 Å². The number of fused-ring (bicyclic) bond motifs is 3. The SMILES string of the molecule is Cn1c(=O)c2ccccc2n2c(SC3CCOC(c4ccncc4)C3)nnc12. The van der Waals surface area contributed by atoms with Crippen LogP contribution >= 0.6 is 11.8 Å². The number of benzene rings is 1. The molecule has 2 unspecified atom stereocenters. The van der Waals surface area contributed by atoms with Crippen LogP contribution in [0.5, 0.6) is 0 Å². The van der Waals surface area contributed by atoms with E-state index in [0.29, 0.717) is 23.0 Å². The van der Waals surface area contributed by atoms with Crippen molar-refractivity contribution < 1.29 is 4.74 Å². The molecule has 8 heteroatoms. The maximum Gasteiger partial charge on any atom is 0.262 e. The quantitative estimate of drug-likeness (QED) is 0.533. The molecule has 1 fully saturated rings. The van der Waals surface area contributed by atoms with Crippen LogP contribution in [0.4, 0.5) is 0 Å². The molecular weight excluding hydrogens is 374 g/mol. The maximum atomic E-state index is 12.6. The van der Waals surface area contributed by atoms with Crippen LogP contribution in [0.3, 0.4) is 0 Å². The van der Waals surface area contributed by atoms with E-state index < -0.39 is 0 Å². The third kappa shape index (κ3) is 2.89. The molecule has 0 N–H and O–H groups in total. The van der Waals surface area contributed by atoms with E-state index in [1.165, 1.54) is 0 Å². The smallest absolute Gasteiger partial charge is 0.262 e. The van der Waals surface area contributed by atoms with E-state index in [1.807, 2.05) is 40.8 Å². The number of nitrogens with zero attached hydrogens (tertiary/aromatic N) is 5. The Balaban J connectivity index is 1.51. The average Bonchev–Trinajstić information content (AvgIpc) is 3.17. The monoisotopic (exact) mass is 393 g/mol. The Morgan fingerprint density at radius 3 is 2.82 bits per heavy atom. The lowest BCUT2D eigenvalue weighted by atomic mass is 10.0. The summed E-state index contributed by atoms with van der Waals surface area (Å²) in [6.07, 6.45) is 5.51. The summed E-state index contributed by atoms with van der Waals surface area (Å²) in [7, 11) is 1.74. The normalized spacial score (nSPS) is 20.0. The number of thioether (sulfide) groups is 1. The fourth-order valence-electron chi connectivity index (χ4n) is 3.72. The highest BCUT2D eigenvalue weighted by Crippen LogP contribution is 2.37. The Labute approximate surface area is 165 Å². The topological polar surface area (TPSA) is 74.3 Å². The van der Waals surface area contributed by atoms with Crippen molar-refractivity contribution in [3.63, 3.8) is 0 Å². The van der Waals surface area contributed by atoms with Crippen molar-refractivity contribution in [1.82, 2.24) is 24.1 Å². The molecule has 1 saturated heterocycles. The summed E-state index contributed by atoms with van der Waals surface area (Å²) in [6, 6.07) is 11.6. The molecule has 0 radical (unpaired) electrons. The summed E-state index contributed by atoms with van der Waals surface area (Å²) < 4.78 is 9.52. The first-order chi connectivity index (χ1) is 13.7. The molecule has 4 aromatic rings. The first-order valence-electron chi connectivity index (χ1n) is 9.23. The van der Waals surface area contributed by atoms with Gasteiger partial charge >= 0.3 is 0 Å². The van der Waals surface area contributed by atoms with E-state index in [4.69, 9.17) is 4.74 Å². The van der Waals surface area contributed by atoms with E-state index >= 15 is 0 Å². The second-order valence-corrected chi connectivity index (χ2v) is 8.17. The van der Waals surface area contributed by atoms with Crippen molar-refractivity contribution >= 4 is 28.4 Å². The van der Waals surface area contributed by atoms with Gasteiger partial charge in [0.2, 0.25) is 5.78 Å². The molecular formula is C20H19N5O2S. The lowest BCUT2D eigenvalue weighted by molar-refractivity contribution is 0.0178. The van der Waals surface area contributed by atoms with E-state index in [-0.39, 0.29) is 11.7 Å². The second-order valence-electron chi connectivity index (χ2n) is 6.90. The number of aryl methyl sites for hydroxylation is 1. The van der Waals surface area contributed by atoms with Crippen LogP contribution in [0.15, 0.2) is 58.7 Å². The fraction of sp³-hybridized carbons (Fsp3) is 0.300. The van der Waals surface area contributed by atoms with Crippen LogP contribution in [0.1, 0.15) is 24.5 Å². The van der Waals surface area contributed by atoms with E-state index in [0.717, 1.165) is 29.1 Å². The second kappa shape index (κ2) is 7.03. The van der Waals surface area contributed by atoms with Crippen LogP contribution in [0, 0.1) is 0 Å². The molecule has 1 aromatic carbocycles. The number of hydrogen-bond acceptors (Lipinski definition) is 6. The van der Waals surface area contributed by atoms with Crippen LogP contribution in [0.2, 0.25) is 0 Å². The van der Waals surface area contributed by atoms with E-state index in [2.05, 4.69) is 15.2 Å². The predicted octanol–water partition coefficient (Wildman–Crippen LogP) is 2.99. The Morgan fingerprint density at radius 1 is 1.14 bits per heavy atom. The van der Waals surface area contributed by atoms with Gasteiger partial charge in [0.25, 0.3) is 5.56 Å². The van der Waals surface area contributed by atoms with Crippen LogP contribution < -0.4 is 5.56 Å². The summed E-state index contributed by atoms with van der Waals surface area (Å²) >= 11 is 1.71. The van der Waals surface area contributed by atoms with Gasteiger partial charge in [0.15, 0.2) is 5.16 Å². The Hall–Kier alpha value is -2.71. The Bertz CT molecular complexity index is 1200. The van der Waals surface area contributed by atoms with E-state index in [9.17, 15) is 4.79 Å². The molecule has 4 heterocycles. The molecule has 0 bridgehead atoms. The number of aromatic nitrogens is 5. The zero-order valence-corrected chi connectivity index (χ0v) is 16.2. The standard InChI is InChI=1S/C20H19N5O2S/c1-24-18(26)15-4-2-3-5-16(15)25-19(24)22-23-20(25)28-14-8-11-27-17(12-14)13-6-9-21-10-7-13/h2-7,9-10,14,17H,8,11-12H2,1H3. The minimum absolute atomic E-state index is 0.0594. The predicted molar refractivity (Wildman–Crippen MR) is 108 cm³/mol. The van der Waals surface area contributed by atoms with E-state index in [1.54, 1.807) is 35.8 Å². The number of rotatable bonds is 3.